The van der Waals surface area contributed by atoms with Crippen molar-refractivity contribution in [3.8, 4) is 0 Å². The van der Waals surface area contributed by atoms with E-state index in [1.54, 1.807) is 0 Å². The first-order chi connectivity index (χ1) is 3.35. The van der Waals surface area contributed by atoms with Crippen molar-refractivity contribution in [3.63, 3.8) is 0 Å². The predicted octanol–water partition coefficient (Wildman–Crippen LogP) is 0.325. The number of rotatable bonds is 3. The molecule has 0 aromatic heterocycles. The molecule has 43 valence electrons. The molecule has 0 saturated heterocycles. The van der Waals surface area contributed by atoms with E-state index < -0.39 is 0 Å². The van der Waals surface area contributed by atoms with Crippen LogP contribution < -0.4 is 10.6 Å². The van der Waals surface area contributed by atoms with Crippen molar-refractivity contribution in [2.45, 2.75) is 13.3 Å². The van der Waals surface area contributed by atoms with E-state index in [1.165, 1.54) is 6.17 Å². The van der Waals surface area contributed by atoms with Gasteiger partial charge in [-0.2, -0.15) is 0 Å². The summed E-state index contributed by atoms with van der Waals surface area (Å²) in [6, 6.07) is 0. The van der Waals surface area contributed by atoms with Gasteiger partial charge in [0.2, 0.25) is 0 Å². The molecule has 0 rings (SSSR count). The van der Waals surface area contributed by atoms with Gasteiger partial charge in [0.15, 0.2) is 0 Å². The molecule has 0 atom stereocenters. The second-order valence-electron chi connectivity index (χ2n) is 1.33. The Morgan fingerprint density at radius 3 is 1.71 bits per heavy atom. The minimum atomic E-state index is 1.05. The van der Waals surface area contributed by atoms with Crippen LogP contribution in [0.25, 0.3) is 0 Å². The molecule has 0 aromatic carbocycles. The summed E-state index contributed by atoms with van der Waals surface area (Å²) in [6.45, 7) is 2.10. The molecule has 0 bridgehead atoms. The zero-order valence-electron chi connectivity index (χ0n) is 5.21. The van der Waals surface area contributed by atoms with Gasteiger partial charge in [-0.15, -0.1) is 0 Å². The van der Waals surface area contributed by atoms with Gasteiger partial charge in [-0.3, -0.25) is 10.6 Å². The van der Waals surface area contributed by atoms with Crippen LogP contribution in [0.5, 0.6) is 0 Å². The highest BCUT2D eigenvalue weighted by molar-refractivity contribution is 4.76. The highest BCUT2D eigenvalue weighted by Crippen LogP contribution is 1.89. The first-order valence-electron chi connectivity index (χ1n) is 2.56. The maximum Gasteiger partial charge on any atom is 0.100 e. The lowest BCUT2D eigenvalue weighted by atomic mass is 10.4. The van der Waals surface area contributed by atoms with E-state index in [0.29, 0.717) is 0 Å². The fourth-order valence-corrected chi connectivity index (χ4v) is 0.479. The third-order valence-corrected chi connectivity index (χ3v) is 0.957. The fourth-order valence-electron chi connectivity index (χ4n) is 0.479. The Bertz CT molecular complexity index is 27.6. The summed E-state index contributed by atoms with van der Waals surface area (Å²) in [4.78, 5) is 0. The summed E-state index contributed by atoms with van der Waals surface area (Å²) in [5.41, 5.74) is 0. The SMILES string of the molecule is CC[C](NC)NC. The molecule has 0 spiro atoms. The van der Waals surface area contributed by atoms with Gasteiger partial charge in [-0.1, -0.05) is 6.92 Å². The second-order valence-corrected chi connectivity index (χ2v) is 1.33. The Morgan fingerprint density at radius 1 is 1.29 bits per heavy atom. The average molecular weight is 101 g/mol. The third kappa shape index (κ3) is 2.60. The monoisotopic (exact) mass is 101 g/mol. The molecule has 2 heteroatoms. The van der Waals surface area contributed by atoms with Gasteiger partial charge in [0, 0.05) is 0 Å². The van der Waals surface area contributed by atoms with E-state index in [-0.39, 0.29) is 0 Å². The van der Waals surface area contributed by atoms with Crippen molar-refractivity contribution < 1.29 is 0 Å². The summed E-state index contributed by atoms with van der Waals surface area (Å²) < 4.78 is 0. The quantitative estimate of drug-likeness (QED) is 0.535. The lowest BCUT2D eigenvalue weighted by Gasteiger charge is -2.08. The van der Waals surface area contributed by atoms with Crippen LogP contribution in [-0.2, 0) is 0 Å². The maximum absolute atomic E-state index is 3.01. The van der Waals surface area contributed by atoms with Gasteiger partial charge in [0.25, 0.3) is 0 Å². The standard InChI is InChI=1S/C5H13N2/c1-4-5(6-2)7-3/h6-7H,4H2,1-3H3. The molecule has 7 heavy (non-hydrogen) atoms. The molecular formula is C5H13N2. The topological polar surface area (TPSA) is 24.1 Å². The normalized spacial score (nSPS) is 10.3. The van der Waals surface area contributed by atoms with Gasteiger partial charge in [0.05, 0.1) is 0 Å². The fraction of sp³-hybridized carbons (Fsp3) is 0.800. The van der Waals surface area contributed by atoms with Crippen LogP contribution in [0.15, 0.2) is 0 Å². The summed E-state index contributed by atoms with van der Waals surface area (Å²) in [7, 11) is 3.82. The summed E-state index contributed by atoms with van der Waals surface area (Å²) in [6.07, 6.45) is 2.23. The van der Waals surface area contributed by atoms with E-state index in [4.69, 9.17) is 0 Å². The lowest BCUT2D eigenvalue weighted by molar-refractivity contribution is 0.631. The highest BCUT2D eigenvalue weighted by Gasteiger charge is 1.94. The Morgan fingerprint density at radius 2 is 1.71 bits per heavy atom. The molecule has 2 nitrogen and oxygen atoms in total. The molecule has 0 unspecified atom stereocenters. The van der Waals surface area contributed by atoms with E-state index >= 15 is 0 Å². The van der Waals surface area contributed by atoms with Gasteiger partial charge in [-0.05, 0) is 20.5 Å². The number of hydrogen-bond acceptors (Lipinski definition) is 2. The van der Waals surface area contributed by atoms with Gasteiger partial charge < -0.3 is 0 Å². The first kappa shape index (κ1) is 6.92. The molecule has 2 N–H and O–H groups in total. The van der Waals surface area contributed by atoms with Crippen LogP contribution in [0.1, 0.15) is 13.3 Å². The molecule has 0 heterocycles. The van der Waals surface area contributed by atoms with Crippen molar-refractivity contribution in [2.75, 3.05) is 14.1 Å². The largest absolute Gasteiger partial charge is 0.300 e. The number of nitrogens with one attached hydrogen (secondary N) is 2. The minimum Gasteiger partial charge on any atom is -0.300 e. The molecule has 0 amide bonds. The molecule has 0 aromatic rings. The Labute approximate surface area is 45.3 Å². The molecule has 0 aliphatic carbocycles. The Hall–Kier alpha value is -0.0800. The van der Waals surface area contributed by atoms with Crippen molar-refractivity contribution in [1.29, 1.82) is 0 Å². The molecule has 0 aliphatic rings. The van der Waals surface area contributed by atoms with Gasteiger partial charge in [0.1, 0.15) is 6.17 Å². The molecule has 1 radical (unpaired) electrons. The Balaban J connectivity index is 2.99. The molecule has 0 fully saturated rings. The summed E-state index contributed by atoms with van der Waals surface area (Å²) in [5.74, 6) is 0. The second kappa shape index (κ2) is 4.09. The van der Waals surface area contributed by atoms with Crippen LogP contribution in [0.4, 0.5) is 0 Å². The summed E-state index contributed by atoms with van der Waals surface area (Å²) >= 11 is 0. The Kier molecular flexibility index (Phi) is 4.04. The van der Waals surface area contributed by atoms with Crippen molar-refractivity contribution in [1.82, 2.24) is 10.6 Å². The zero-order valence-corrected chi connectivity index (χ0v) is 5.21. The smallest absolute Gasteiger partial charge is 0.100 e. The van der Waals surface area contributed by atoms with Gasteiger partial charge in [-0.25, -0.2) is 0 Å². The average Bonchev–Trinajstić information content (AvgIpc) is 1.72. The lowest BCUT2D eigenvalue weighted by Crippen LogP contribution is -2.27. The van der Waals surface area contributed by atoms with Crippen molar-refractivity contribution in [3.05, 3.63) is 6.17 Å². The van der Waals surface area contributed by atoms with Crippen LogP contribution in [0.3, 0.4) is 0 Å². The number of hydrogen-bond donors (Lipinski definition) is 2. The third-order valence-electron chi connectivity index (χ3n) is 0.957. The highest BCUT2D eigenvalue weighted by atomic mass is 15.1. The zero-order chi connectivity index (χ0) is 5.70. The maximum atomic E-state index is 3.01. The van der Waals surface area contributed by atoms with Crippen LogP contribution >= 0.6 is 0 Å². The first-order valence-corrected chi connectivity index (χ1v) is 2.56. The van der Waals surface area contributed by atoms with Crippen LogP contribution in [0, 0.1) is 6.17 Å². The molecule has 0 aliphatic heterocycles. The van der Waals surface area contributed by atoms with E-state index in [1.807, 2.05) is 14.1 Å². The van der Waals surface area contributed by atoms with E-state index in [0.717, 1.165) is 6.42 Å². The van der Waals surface area contributed by atoms with Crippen molar-refractivity contribution in [2.24, 2.45) is 0 Å². The van der Waals surface area contributed by atoms with E-state index in [9.17, 15) is 0 Å². The summed E-state index contributed by atoms with van der Waals surface area (Å²) in [5, 5.41) is 6.01. The predicted molar refractivity (Wildman–Crippen MR) is 31.7 cm³/mol. The minimum absolute atomic E-state index is 1.05. The molecular weight excluding hydrogens is 88.1 g/mol. The molecule has 0 saturated carbocycles. The van der Waals surface area contributed by atoms with Crippen molar-refractivity contribution >= 4 is 0 Å². The van der Waals surface area contributed by atoms with E-state index in [2.05, 4.69) is 17.6 Å². The van der Waals surface area contributed by atoms with Gasteiger partial charge >= 0.3 is 0 Å². The van der Waals surface area contributed by atoms with Crippen LogP contribution in [0.2, 0.25) is 0 Å². The van der Waals surface area contributed by atoms with Crippen LogP contribution in [-0.4, -0.2) is 14.1 Å².